The summed E-state index contributed by atoms with van der Waals surface area (Å²) in [6.45, 7) is 2.29. The van der Waals surface area contributed by atoms with E-state index in [2.05, 4.69) is 13.0 Å². The normalized spacial score (nSPS) is 28.7. The van der Waals surface area contributed by atoms with Gasteiger partial charge in [0.05, 0.1) is 6.07 Å². The van der Waals surface area contributed by atoms with Gasteiger partial charge < -0.3 is 0 Å². The number of rotatable bonds is 4. The van der Waals surface area contributed by atoms with Crippen LogP contribution in [0.5, 0.6) is 0 Å². The van der Waals surface area contributed by atoms with Gasteiger partial charge in [0.1, 0.15) is 0 Å². The van der Waals surface area contributed by atoms with Crippen molar-refractivity contribution < 1.29 is 0 Å². The fourth-order valence-corrected chi connectivity index (χ4v) is 2.28. The Morgan fingerprint density at radius 2 is 2.08 bits per heavy atom. The van der Waals surface area contributed by atoms with Crippen molar-refractivity contribution in [3.8, 4) is 6.07 Å². The lowest BCUT2D eigenvalue weighted by molar-refractivity contribution is 0.448. The van der Waals surface area contributed by atoms with Crippen LogP contribution in [-0.2, 0) is 0 Å². The quantitative estimate of drug-likeness (QED) is 0.585. The summed E-state index contributed by atoms with van der Waals surface area (Å²) >= 11 is 0. The zero-order valence-corrected chi connectivity index (χ0v) is 8.05. The molecule has 1 rings (SSSR count). The SMILES string of the molecule is CCC1CCC(CCCC#N)C1. The van der Waals surface area contributed by atoms with E-state index in [1.54, 1.807) is 0 Å². The second kappa shape index (κ2) is 5.19. The highest BCUT2D eigenvalue weighted by atomic mass is 14.3. The summed E-state index contributed by atoms with van der Waals surface area (Å²) in [7, 11) is 0. The van der Waals surface area contributed by atoms with E-state index in [1.165, 1.54) is 32.1 Å². The lowest BCUT2D eigenvalue weighted by Gasteiger charge is -2.07. The van der Waals surface area contributed by atoms with Crippen molar-refractivity contribution in [2.45, 2.75) is 51.9 Å². The molecule has 0 aromatic carbocycles. The van der Waals surface area contributed by atoms with Crippen LogP contribution in [0.4, 0.5) is 0 Å². The molecule has 1 saturated carbocycles. The molecule has 0 saturated heterocycles. The Bertz CT molecular complexity index is 157. The van der Waals surface area contributed by atoms with E-state index in [4.69, 9.17) is 5.26 Å². The molecule has 0 amide bonds. The van der Waals surface area contributed by atoms with Crippen molar-refractivity contribution in [2.24, 2.45) is 11.8 Å². The third-order valence-corrected chi connectivity index (χ3v) is 3.13. The first-order valence-corrected chi connectivity index (χ1v) is 5.23. The van der Waals surface area contributed by atoms with Gasteiger partial charge in [-0.1, -0.05) is 26.2 Å². The van der Waals surface area contributed by atoms with Crippen LogP contribution in [0.15, 0.2) is 0 Å². The van der Waals surface area contributed by atoms with Crippen molar-refractivity contribution >= 4 is 0 Å². The molecule has 1 nitrogen and oxygen atoms in total. The van der Waals surface area contributed by atoms with Gasteiger partial charge in [-0.3, -0.25) is 0 Å². The number of hydrogen-bond donors (Lipinski definition) is 0. The molecule has 0 heterocycles. The topological polar surface area (TPSA) is 23.8 Å². The molecule has 1 fully saturated rings. The summed E-state index contributed by atoms with van der Waals surface area (Å²) < 4.78 is 0. The van der Waals surface area contributed by atoms with E-state index in [1.807, 2.05) is 0 Å². The summed E-state index contributed by atoms with van der Waals surface area (Å²) in [4.78, 5) is 0. The van der Waals surface area contributed by atoms with Crippen LogP contribution in [0.25, 0.3) is 0 Å². The maximum Gasteiger partial charge on any atom is 0.0621 e. The maximum absolute atomic E-state index is 8.39. The average molecular weight is 165 g/mol. The van der Waals surface area contributed by atoms with E-state index in [-0.39, 0.29) is 0 Å². The molecule has 1 aliphatic carbocycles. The molecule has 2 unspecified atom stereocenters. The van der Waals surface area contributed by atoms with Crippen LogP contribution >= 0.6 is 0 Å². The van der Waals surface area contributed by atoms with Gasteiger partial charge >= 0.3 is 0 Å². The standard InChI is InChI=1S/C11H19N/c1-2-10-6-7-11(9-10)5-3-4-8-12/h10-11H,2-7,9H2,1H3. The minimum atomic E-state index is 0.757. The van der Waals surface area contributed by atoms with Gasteiger partial charge in [-0.25, -0.2) is 0 Å². The van der Waals surface area contributed by atoms with Gasteiger partial charge in [-0.2, -0.15) is 5.26 Å². The Hall–Kier alpha value is -0.510. The summed E-state index contributed by atoms with van der Waals surface area (Å²) in [5, 5.41) is 8.39. The molecule has 1 heteroatoms. The van der Waals surface area contributed by atoms with Gasteiger partial charge in [0.25, 0.3) is 0 Å². The second-order valence-corrected chi connectivity index (χ2v) is 4.00. The number of nitrogens with zero attached hydrogens (tertiary/aromatic N) is 1. The number of nitriles is 1. The summed E-state index contributed by atoms with van der Waals surface area (Å²) in [6.07, 6.45) is 8.82. The molecule has 0 radical (unpaired) electrons. The van der Waals surface area contributed by atoms with Crippen LogP contribution in [0.1, 0.15) is 51.9 Å². The second-order valence-electron chi connectivity index (χ2n) is 4.00. The van der Waals surface area contributed by atoms with E-state index in [9.17, 15) is 0 Å². The lowest BCUT2D eigenvalue weighted by Crippen LogP contribution is -1.95. The zero-order chi connectivity index (χ0) is 8.81. The summed E-state index contributed by atoms with van der Waals surface area (Å²) in [5.41, 5.74) is 0. The molecule has 12 heavy (non-hydrogen) atoms. The monoisotopic (exact) mass is 165 g/mol. The molecule has 0 aliphatic heterocycles. The van der Waals surface area contributed by atoms with Crippen molar-refractivity contribution in [1.29, 1.82) is 5.26 Å². The Kier molecular flexibility index (Phi) is 4.14. The highest BCUT2D eigenvalue weighted by molar-refractivity contribution is 4.76. The molecule has 2 atom stereocenters. The van der Waals surface area contributed by atoms with Gasteiger partial charge in [0.15, 0.2) is 0 Å². The first-order valence-electron chi connectivity index (χ1n) is 5.23. The Labute approximate surface area is 75.8 Å². The van der Waals surface area contributed by atoms with Crippen molar-refractivity contribution in [3.63, 3.8) is 0 Å². The van der Waals surface area contributed by atoms with Crippen LogP contribution in [0.2, 0.25) is 0 Å². The van der Waals surface area contributed by atoms with Gasteiger partial charge in [0.2, 0.25) is 0 Å². The first kappa shape index (κ1) is 9.58. The molecule has 0 spiro atoms. The molecular weight excluding hydrogens is 146 g/mol. The summed E-state index contributed by atoms with van der Waals surface area (Å²) in [6, 6.07) is 2.22. The first-order chi connectivity index (χ1) is 5.86. The molecule has 1 aliphatic rings. The lowest BCUT2D eigenvalue weighted by atomic mass is 9.98. The fraction of sp³-hybridized carbons (Fsp3) is 0.909. The van der Waals surface area contributed by atoms with E-state index >= 15 is 0 Å². The van der Waals surface area contributed by atoms with Crippen molar-refractivity contribution in [2.75, 3.05) is 0 Å². The van der Waals surface area contributed by atoms with Crippen LogP contribution in [-0.4, -0.2) is 0 Å². The van der Waals surface area contributed by atoms with Gasteiger partial charge in [-0.15, -0.1) is 0 Å². The predicted molar refractivity (Wildman–Crippen MR) is 50.6 cm³/mol. The van der Waals surface area contributed by atoms with Gasteiger partial charge in [-0.05, 0) is 31.1 Å². The van der Waals surface area contributed by atoms with Crippen molar-refractivity contribution in [3.05, 3.63) is 0 Å². The number of hydrogen-bond acceptors (Lipinski definition) is 1. The smallest absolute Gasteiger partial charge is 0.0621 e. The minimum Gasteiger partial charge on any atom is -0.198 e. The molecule has 68 valence electrons. The van der Waals surface area contributed by atoms with E-state index in [0.29, 0.717) is 0 Å². The van der Waals surface area contributed by atoms with Crippen molar-refractivity contribution in [1.82, 2.24) is 0 Å². The third kappa shape index (κ3) is 2.85. The fourth-order valence-electron chi connectivity index (χ4n) is 2.28. The number of unbranched alkanes of at least 4 members (excludes halogenated alkanes) is 1. The summed E-state index contributed by atoms with van der Waals surface area (Å²) in [5.74, 6) is 1.94. The highest BCUT2D eigenvalue weighted by Crippen LogP contribution is 2.35. The Balaban J connectivity index is 2.07. The maximum atomic E-state index is 8.39. The average Bonchev–Trinajstić information content (AvgIpc) is 2.53. The van der Waals surface area contributed by atoms with Crippen LogP contribution < -0.4 is 0 Å². The minimum absolute atomic E-state index is 0.757. The Morgan fingerprint density at radius 3 is 2.67 bits per heavy atom. The molecule has 0 bridgehead atoms. The molecule has 0 aromatic rings. The van der Waals surface area contributed by atoms with Crippen LogP contribution in [0, 0.1) is 23.2 Å². The molecular formula is C11H19N. The molecule has 0 aromatic heterocycles. The predicted octanol–water partition coefficient (Wildman–Crippen LogP) is 3.51. The zero-order valence-electron chi connectivity index (χ0n) is 8.05. The third-order valence-electron chi connectivity index (χ3n) is 3.13. The van der Waals surface area contributed by atoms with Gasteiger partial charge in [0, 0.05) is 6.42 Å². The highest BCUT2D eigenvalue weighted by Gasteiger charge is 2.22. The Morgan fingerprint density at radius 1 is 1.33 bits per heavy atom. The molecule has 0 N–H and O–H groups in total. The van der Waals surface area contributed by atoms with E-state index in [0.717, 1.165) is 24.7 Å². The largest absolute Gasteiger partial charge is 0.198 e. The van der Waals surface area contributed by atoms with Crippen LogP contribution in [0.3, 0.4) is 0 Å². The van der Waals surface area contributed by atoms with E-state index < -0.39 is 0 Å².